The number of anilines is 3. The Morgan fingerprint density at radius 3 is 2.41 bits per heavy atom. The first kappa shape index (κ1) is 34.2. The number of amides is 2. The predicted molar refractivity (Wildman–Crippen MR) is 177 cm³/mol. The number of carbonyl (C=O) groups is 2. The van der Waals surface area contributed by atoms with Gasteiger partial charge in [-0.15, -0.1) is 0 Å². The number of aromatic nitrogens is 2. The van der Waals surface area contributed by atoms with Gasteiger partial charge in [-0.3, -0.25) is 9.59 Å². The van der Waals surface area contributed by atoms with Crippen LogP contribution in [0.25, 0.3) is 11.0 Å². The first-order valence-electron chi connectivity index (χ1n) is 15.8. The number of nitrogens with zero attached hydrogens (tertiary/aromatic N) is 3. The highest BCUT2D eigenvalue weighted by molar-refractivity contribution is 6.39. The average Bonchev–Trinajstić information content (AvgIpc) is 3.31. The number of benzene rings is 2. The number of hydrogen-bond donors (Lipinski definition) is 3. The van der Waals surface area contributed by atoms with Gasteiger partial charge in [0.05, 0.1) is 43.9 Å². The van der Waals surface area contributed by atoms with Gasteiger partial charge >= 0.3 is 6.18 Å². The summed E-state index contributed by atoms with van der Waals surface area (Å²) in [6.45, 7) is 5.85. The van der Waals surface area contributed by atoms with Crippen LogP contribution in [-0.2, 0) is 18.4 Å². The maximum Gasteiger partial charge on any atom is 0.393 e. The van der Waals surface area contributed by atoms with Crippen molar-refractivity contribution in [2.75, 3.05) is 23.3 Å². The van der Waals surface area contributed by atoms with Crippen molar-refractivity contribution in [1.29, 1.82) is 0 Å². The number of halogens is 5. The second-order valence-corrected chi connectivity index (χ2v) is 14.2. The van der Waals surface area contributed by atoms with Gasteiger partial charge in [-0.05, 0) is 49.4 Å². The van der Waals surface area contributed by atoms with E-state index >= 15 is 0 Å². The molecule has 5 rings (SSSR count). The fourth-order valence-corrected chi connectivity index (χ4v) is 6.69. The summed E-state index contributed by atoms with van der Waals surface area (Å²) < 4.78 is 43.1. The third-order valence-electron chi connectivity index (χ3n) is 8.94. The zero-order valence-corrected chi connectivity index (χ0v) is 28.1. The number of rotatable bonds is 7. The molecule has 46 heavy (non-hydrogen) atoms. The molecule has 1 aromatic heterocycles. The summed E-state index contributed by atoms with van der Waals surface area (Å²) in [6, 6.07) is 6.86. The molecule has 1 saturated heterocycles. The Labute approximate surface area is 277 Å². The second kappa shape index (κ2) is 13.5. The van der Waals surface area contributed by atoms with E-state index in [4.69, 9.17) is 28.2 Å². The minimum atomic E-state index is -4.32. The van der Waals surface area contributed by atoms with Gasteiger partial charge in [0, 0.05) is 38.1 Å². The largest absolute Gasteiger partial charge is 0.393 e. The molecule has 1 aliphatic carbocycles. The van der Waals surface area contributed by atoms with Crippen LogP contribution >= 0.6 is 23.2 Å². The van der Waals surface area contributed by atoms with Crippen molar-refractivity contribution in [3.63, 3.8) is 0 Å². The third-order valence-corrected chi connectivity index (χ3v) is 9.68. The summed E-state index contributed by atoms with van der Waals surface area (Å²) in [5.41, 5.74) is 2.35. The quantitative estimate of drug-likeness (QED) is 0.234. The van der Waals surface area contributed by atoms with Crippen LogP contribution in [0.5, 0.6) is 0 Å². The molecule has 1 unspecified atom stereocenters. The molecule has 1 saturated carbocycles. The monoisotopic (exact) mass is 680 g/mol. The minimum Gasteiger partial charge on any atom is -0.370 e. The van der Waals surface area contributed by atoms with Gasteiger partial charge in [-0.25, -0.2) is 4.98 Å². The van der Waals surface area contributed by atoms with E-state index in [0.29, 0.717) is 62.5 Å². The smallest absolute Gasteiger partial charge is 0.370 e. The van der Waals surface area contributed by atoms with Crippen molar-refractivity contribution in [1.82, 2.24) is 20.2 Å². The van der Waals surface area contributed by atoms with Gasteiger partial charge in [0.25, 0.3) is 5.91 Å². The van der Waals surface area contributed by atoms with Gasteiger partial charge < -0.3 is 25.4 Å². The summed E-state index contributed by atoms with van der Waals surface area (Å²) in [6.07, 6.45) is 1.05. The lowest BCUT2D eigenvalue weighted by Gasteiger charge is -2.36. The summed E-state index contributed by atoms with van der Waals surface area (Å²) in [4.78, 5) is 32.6. The molecule has 3 aromatic rings. The standard InChI is InChI=1S/C33H41Cl2F3N6O2/c1-32(2,3)30(46)39-17-19-12-13-23(34)28(27(19)35)42-31-41-24-15-22(29(45)40-21-10-6-5-7-11-21)25(16-26(24)43(31)4)44-14-8-9-20(18-44)33(36,37)38/h12-13,15-16,20-21H,5-11,14,17-18H2,1-4H3,(H,39,46)(H,40,45)(H,41,42). The van der Waals surface area contributed by atoms with Crippen molar-refractivity contribution in [2.24, 2.45) is 18.4 Å². The fourth-order valence-electron chi connectivity index (χ4n) is 6.15. The number of hydrogen-bond acceptors (Lipinski definition) is 5. The highest BCUT2D eigenvalue weighted by Crippen LogP contribution is 2.39. The maximum atomic E-state index is 13.8. The molecule has 2 aliphatic rings. The number of piperidine rings is 1. The molecule has 1 aliphatic heterocycles. The Morgan fingerprint density at radius 2 is 1.74 bits per heavy atom. The van der Waals surface area contributed by atoms with Crippen molar-refractivity contribution in [3.05, 3.63) is 45.4 Å². The van der Waals surface area contributed by atoms with Gasteiger partial charge in [0.1, 0.15) is 0 Å². The average molecular weight is 682 g/mol. The lowest BCUT2D eigenvalue weighted by Crippen LogP contribution is -2.43. The summed E-state index contributed by atoms with van der Waals surface area (Å²) in [5.74, 6) is -1.54. The second-order valence-electron chi connectivity index (χ2n) is 13.4. The number of nitrogens with one attached hydrogen (secondary N) is 3. The van der Waals surface area contributed by atoms with Crippen molar-refractivity contribution in [2.45, 2.75) is 84.5 Å². The molecular weight excluding hydrogens is 640 g/mol. The number of carbonyl (C=O) groups excluding carboxylic acids is 2. The highest BCUT2D eigenvalue weighted by Gasteiger charge is 2.42. The van der Waals surface area contributed by atoms with Crippen LogP contribution in [0.2, 0.25) is 10.0 Å². The molecule has 250 valence electrons. The Bertz CT molecular complexity index is 1610. The Morgan fingerprint density at radius 1 is 1.02 bits per heavy atom. The van der Waals surface area contributed by atoms with E-state index in [2.05, 4.69) is 16.0 Å². The number of imidazole rings is 1. The zero-order valence-electron chi connectivity index (χ0n) is 26.6. The molecule has 1 atom stereocenters. The molecule has 13 heteroatoms. The summed E-state index contributed by atoms with van der Waals surface area (Å²) >= 11 is 13.3. The Hall–Kier alpha value is -3.18. The number of alkyl halides is 3. The first-order chi connectivity index (χ1) is 21.6. The van der Waals surface area contributed by atoms with Crippen LogP contribution in [-0.4, -0.2) is 46.7 Å². The molecule has 2 amide bonds. The van der Waals surface area contributed by atoms with Crippen LogP contribution < -0.4 is 20.9 Å². The Kier molecular flexibility index (Phi) is 10.0. The third kappa shape index (κ3) is 7.51. The van der Waals surface area contributed by atoms with Gasteiger partial charge in [-0.2, -0.15) is 13.2 Å². The summed E-state index contributed by atoms with van der Waals surface area (Å²) in [7, 11) is 1.77. The van der Waals surface area contributed by atoms with Gasteiger partial charge in [-0.1, -0.05) is 69.3 Å². The topological polar surface area (TPSA) is 91.3 Å². The van der Waals surface area contributed by atoms with Crippen LogP contribution in [0, 0.1) is 11.3 Å². The summed E-state index contributed by atoms with van der Waals surface area (Å²) in [5, 5.41) is 9.88. The molecule has 0 spiro atoms. The molecular formula is C33H41Cl2F3N6O2. The molecule has 8 nitrogen and oxygen atoms in total. The van der Waals surface area contributed by atoms with Crippen LogP contribution in [0.4, 0.5) is 30.5 Å². The Balaban J connectivity index is 1.50. The lowest BCUT2D eigenvalue weighted by atomic mass is 9.94. The van der Waals surface area contributed by atoms with Crippen molar-refractivity contribution >= 4 is 63.4 Å². The first-order valence-corrected chi connectivity index (χ1v) is 16.5. The zero-order chi connectivity index (χ0) is 33.4. The van der Waals surface area contributed by atoms with Crippen LogP contribution in [0.15, 0.2) is 24.3 Å². The minimum absolute atomic E-state index is 0.0276. The number of fused-ring (bicyclic) bond motifs is 1. The maximum absolute atomic E-state index is 13.8. The highest BCUT2D eigenvalue weighted by atomic mass is 35.5. The van der Waals surface area contributed by atoms with Crippen LogP contribution in [0.3, 0.4) is 0 Å². The van der Waals surface area contributed by atoms with Crippen molar-refractivity contribution in [3.8, 4) is 0 Å². The van der Waals surface area contributed by atoms with E-state index in [1.807, 2.05) is 20.8 Å². The van der Waals surface area contributed by atoms with E-state index in [9.17, 15) is 22.8 Å². The van der Waals surface area contributed by atoms with Crippen molar-refractivity contribution < 1.29 is 22.8 Å². The van der Waals surface area contributed by atoms with E-state index in [1.165, 1.54) is 0 Å². The van der Waals surface area contributed by atoms with E-state index in [0.717, 1.165) is 32.1 Å². The van der Waals surface area contributed by atoms with E-state index in [1.54, 1.807) is 40.8 Å². The molecule has 3 N–H and O–H groups in total. The van der Waals surface area contributed by atoms with E-state index < -0.39 is 17.5 Å². The van der Waals surface area contributed by atoms with Gasteiger partial charge in [0.15, 0.2) is 0 Å². The van der Waals surface area contributed by atoms with Crippen LogP contribution in [0.1, 0.15) is 81.6 Å². The lowest BCUT2D eigenvalue weighted by molar-refractivity contribution is -0.176. The molecule has 0 radical (unpaired) electrons. The normalized spacial score (nSPS) is 18.1. The van der Waals surface area contributed by atoms with E-state index in [-0.39, 0.29) is 37.4 Å². The fraction of sp³-hybridized carbons (Fsp3) is 0.545. The molecule has 2 fully saturated rings. The SMILES string of the molecule is Cn1c(Nc2c(Cl)ccc(CNC(=O)C(C)(C)C)c2Cl)nc2cc(C(=O)NC3CCCCC3)c(N3CCCC(C(F)(F)F)C3)cc21. The number of aryl methyl sites for hydroxylation is 1. The molecule has 2 heterocycles. The predicted octanol–water partition coefficient (Wildman–Crippen LogP) is 8.13. The molecule has 0 bridgehead atoms. The van der Waals surface area contributed by atoms with Gasteiger partial charge in [0.2, 0.25) is 11.9 Å². The molecule has 2 aromatic carbocycles.